The molecule has 0 fully saturated rings. The first kappa shape index (κ1) is 62.3. The van der Waals surface area contributed by atoms with Gasteiger partial charge in [0.1, 0.15) is 13.2 Å². The monoisotopic (exact) mass is 923 g/mol. The maximum absolute atomic E-state index is 12.8. The van der Waals surface area contributed by atoms with Gasteiger partial charge in [-0.05, 0) is 109 Å². The lowest BCUT2D eigenvalue weighted by atomic mass is 10.1. The molecule has 0 aliphatic carbocycles. The Morgan fingerprint density at radius 1 is 0.313 bits per heavy atom. The summed E-state index contributed by atoms with van der Waals surface area (Å²) in [5.41, 5.74) is 0. The fraction of sp³-hybridized carbons (Fsp3) is 0.557. The molecule has 6 nitrogen and oxygen atoms in total. The highest BCUT2D eigenvalue weighted by atomic mass is 16.6. The van der Waals surface area contributed by atoms with E-state index < -0.39 is 6.10 Å². The van der Waals surface area contributed by atoms with Gasteiger partial charge in [0.25, 0.3) is 0 Å². The van der Waals surface area contributed by atoms with Gasteiger partial charge >= 0.3 is 17.9 Å². The number of esters is 3. The number of ether oxygens (including phenoxy) is 3. The van der Waals surface area contributed by atoms with Gasteiger partial charge in [-0.1, -0.05) is 218 Å². The second-order valence-corrected chi connectivity index (χ2v) is 16.7. The van der Waals surface area contributed by atoms with Crippen molar-refractivity contribution in [1.82, 2.24) is 0 Å². The second-order valence-electron chi connectivity index (χ2n) is 16.7. The summed E-state index contributed by atoms with van der Waals surface area (Å²) in [4.78, 5) is 38.0. The Labute approximate surface area is 410 Å². The van der Waals surface area contributed by atoms with Crippen molar-refractivity contribution in [1.29, 1.82) is 0 Å². The lowest BCUT2D eigenvalue weighted by Crippen LogP contribution is -2.30. The van der Waals surface area contributed by atoms with Crippen molar-refractivity contribution in [3.05, 3.63) is 146 Å². The Hall–Kier alpha value is -4.71. The third-order valence-corrected chi connectivity index (χ3v) is 10.4. The average Bonchev–Trinajstić information content (AvgIpc) is 3.33. The van der Waals surface area contributed by atoms with Crippen LogP contribution >= 0.6 is 0 Å². The van der Waals surface area contributed by atoms with Gasteiger partial charge in [0.05, 0.1) is 0 Å². The van der Waals surface area contributed by atoms with E-state index in [1.54, 1.807) is 0 Å². The third kappa shape index (κ3) is 52.1. The van der Waals surface area contributed by atoms with E-state index in [1.807, 2.05) is 36.5 Å². The molecule has 0 spiro atoms. The molecule has 0 aromatic rings. The van der Waals surface area contributed by atoms with Gasteiger partial charge in [0.15, 0.2) is 6.10 Å². The van der Waals surface area contributed by atoms with Crippen molar-refractivity contribution < 1.29 is 28.6 Å². The molecule has 0 N–H and O–H groups in total. The quantitative estimate of drug-likeness (QED) is 0.0199. The van der Waals surface area contributed by atoms with E-state index in [9.17, 15) is 14.4 Å². The van der Waals surface area contributed by atoms with E-state index in [1.165, 1.54) is 38.5 Å². The number of rotatable bonds is 45. The van der Waals surface area contributed by atoms with Crippen molar-refractivity contribution >= 4 is 17.9 Å². The van der Waals surface area contributed by atoms with Gasteiger partial charge in [-0.25, -0.2) is 0 Å². The van der Waals surface area contributed by atoms with Crippen LogP contribution in [0.25, 0.3) is 0 Å². The molecule has 0 aliphatic rings. The zero-order chi connectivity index (χ0) is 48.6. The molecular formula is C61H94O6. The highest BCUT2D eigenvalue weighted by Crippen LogP contribution is 2.13. The number of unbranched alkanes of at least 4 members (excludes halogenated alkanes) is 13. The van der Waals surface area contributed by atoms with E-state index in [2.05, 4.69) is 130 Å². The third-order valence-electron chi connectivity index (χ3n) is 10.4. The Morgan fingerprint density at radius 3 is 1.07 bits per heavy atom. The largest absolute Gasteiger partial charge is 0.462 e. The van der Waals surface area contributed by atoms with Gasteiger partial charge in [-0.3, -0.25) is 14.4 Å². The topological polar surface area (TPSA) is 78.9 Å². The maximum Gasteiger partial charge on any atom is 0.306 e. The maximum atomic E-state index is 12.8. The van der Waals surface area contributed by atoms with E-state index in [-0.39, 0.29) is 37.5 Å². The Bertz CT molecular complexity index is 1530. The number of allylic oxidation sites excluding steroid dienone is 24. The van der Waals surface area contributed by atoms with Crippen LogP contribution in [0.15, 0.2) is 146 Å². The summed E-state index contributed by atoms with van der Waals surface area (Å²) in [7, 11) is 0. The number of carbonyl (C=O) groups is 3. The fourth-order valence-electron chi connectivity index (χ4n) is 6.56. The van der Waals surface area contributed by atoms with E-state index >= 15 is 0 Å². The van der Waals surface area contributed by atoms with E-state index in [4.69, 9.17) is 14.2 Å². The lowest BCUT2D eigenvalue weighted by molar-refractivity contribution is -0.167. The summed E-state index contributed by atoms with van der Waals surface area (Å²) in [5.74, 6) is -1.04. The van der Waals surface area contributed by atoms with Crippen LogP contribution in [-0.4, -0.2) is 37.2 Å². The van der Waals surface area contributed by atoms with Crippen LogP contribution in [0, 0.1) is 0 Å². The van der Waals surface area contributed by atoms with Crippen LogP contribution in [0.1, 0.15) is 201 Å². The zero-order valence-corrected chi connectivity index (χ0v) is 42.6. The molecule has 0 saturated carbocycles. The van der Waals surface area contributed by atoms with Crippen LogP contribution in [0.5, 0.6) is 0 Å². The summed E-state index contributed by atoms with van der Waals surface area (Å²) >= 11 is 0. The van der Waals surface area contributed by atoms with Crippen LogP contribution in [0.4, 0.5) is 0 Å². The Kier molecular flexibility index (Phi) is 50.1. The molecule has 0 rings (SSSR count). The van der Waals surface area contributed by atoms with Crippen LogP contribution in [0.3, 0.4) is 0 Å². The Balaban J connectivity index is 4.54. The van der Waals surface area contributed by atoms with Gasteiger partial charge < -0.3 is 14.2 Å². The smallest absolute Gasteiger partial charge is 0.306 e. The summed E-state index contributed by atoms with van der Waals surface area (Å²) in [6.45, 7) is 6.16. The van der Waals surface area contributed by atoms with Crippen molar-refractivity contribution in [2.75, 3.05) is 13.2 Å². The standard InChI is InChI=1S/C61H94O6/c1-4-7-10-13-16-19-22-25-27-29-30-32-33-36-39-42-45-48-51-54-60(63)66-57-58(56-65-59(62)53-50-47-44-41-38-35-24-21-18-15-12-9-6-3)67-61(64)55-52-49-46-43-40-37-34-31-28-26-23-20-17-14-11-8-5-2/h7-12,15-21,24-28,34-35,37-38,43,46,58H,4-6,13-14,22-23,29-33,36,39-42,44-45,47-57H2,1-3H3/b10-7-,11-8-,12-9-,18-15-,19-16-,20-17-,24-21-,27-25-,28-26-,37-34-,38-35-,46-43-. The predicted octanol–water partition coefficient (Wildman–Crippen LogP) is 17.6. The molecule has 0 aromatic carbocycles. The molecule has 0 aliphatic heterocycles. The molecule has 6 heteroatoms. The number of hydrogen-bond donors (Lipinski definition) is 0. The second kappa shape index (κ2) is 53.9. The highest BCUT2D eigenvalue weighted by Gasteiger charge is 2.19. The molecular weight excluding hydrogens is 829 g/mol. The molecule has 0 amide bonds. The molecule has 67 heavy (non-hydrogen) atoms. The van der Waals surface area contributed by atoms with Crippen molar-refractivity contribution in [3.8, 4) is 0 Å². The minimum absolute atomic E-state index is 0.123. The van der Waals surface area contributed by atoms with Gasteiger partial charge in [0.2, 0.25) is 0 Å². The van der Waals surface area contributed by atoms with Crippen molar-refractivity contribution in [2.45, 2.75) is 207 Å². The average molecular weight is 923 g/mol. The van der Waals surface area contributed by atoms with Crippen LogP contribution in [-0.2, 0) is 28.6 Å². The van der Waals surface area contributed by atoms with Crippen molar-refractivity contribution in [2.24, 2.45) is 0 Å². The fourth-order valence-corrected chi connectivity index (χ4v) is 6.56. The van der Waals surface area contributed by atoms with E-state index in [0.29, 0.717) is 19.3 Å². The minimum atomic E-state index is -0.832. The molecule has 1 unspecified atom stereocenters. The molecule has 0 bridgehead atoms. The number of hydrogen-bond acceptors (Lipinski definition) is 6. The zero-order valence-electron chi connectivity index (χ0n) is 42.6. The first-order chi connectivity index (χ1) is 33.0. The molecule has 0 radical (unpaired) electrons. The first-order valence-corrected chi connectivity index (χ1v) is 26.4. The molecule has 0 saturated heterocycles. The molecule has 374 valence electrons. The summed E-state index contributed by atoms with van der Waals surface area (Å²) in [6, 6.07) is 0. The molecule has 0 heterocycles. The van der Waals surface area contributed by atoms with Crippen LogP contribution < -0.4 is 0 Å². The van der Waals surface area contributed by atoms with Gasteiger partial charge in [-0.2, -0.15) is 0 Å². The van der Waals surface area contributed by atoms with Crippen LogP contribution in [0.2, 0.25) is 0 Å². The molecule has 1 atom stereocenters. The van der Waals surface area contributed by atoms with Crippen molar-refractivity contribution in [3.63, 3.8) is 0 Å². The lowest BCUT2D eigenvalue weighted by Gasteiger charge is -2.18. The predicted molar refractivity (Wildman–Crippen MR) is 288 cm³/mol. The SMILES string of the molecule is CC\C=C/C=C\C=C/C=C\CCCCCC(=O)OCC(COC(=O)CCCCCCCCCCC/C=C\C/C=C\C/C=C\CC)OC(=O)CCC/C=C\C/C=C\C/C=C\C/C=C\C/C=C\CC. The molecule has 0 aromatic heterocycles. The summed E-state index contributed by atoms with van der Waals surface area (Å²) in [5, 5.41) is 0. The van der Waals surface area contributed by atoms with E-state index in [0.717, 1.165) is 116 Å². The summed E-state index contributed by atoms with van der Waals surface area (Å²) < 4.78 is 16.7. The number of carbonyl (C=O) groups excluding carboxylic acids is 3. The minimum Gasteiger partial charge on any atom is -0.462 e. The highest BCUT2D eigenvalue weighted by molar-refractivity contribution is 5.71. The van der Waals surface area contributed by atoms with Gasteiger partial charge in [0, 0.05) is 19.3 Å². The summed E-state index contributed by atoms with van der Waals surface area (Å²) in [6.07, 6.45) is 77.0. The van der Waals surface area contributed by atoms with Gasteiger partial charge in [-0.15, -0.1) is 0 Å². The Morgan fingerprint density at radius 2 is 0.627 bits per heavy atom. The first-order valence-electron chi connectivity index (χ1n) is 26.4. The normalized spacial score (nSPS) is 13.3.